The van der Waals surface area contributed by atoms with E-state index in [4.69, 9.17) is 0 Å². The highest BCUT2D eigenvalue weighted by molar-refractivity contribution is 7.89. The number of hydrogen-bond donors (Lipinski definition) is 1. The van der Waals surface area contributed by atoms with Crippen LogP contribution in [-0.4, -0.2) is 46.1 Å². The lowest BCUT2D eigenvalue weighted by Gasteiger charge is -2.16. The molecule has 0 spiro atoms. The van der Waals surface area contributed by atoms with Crippen molar-refractivity contribution in [2.45, 2.75) is 17.7 Å². The van der Waals surface area contributed by atoms with E-state index in [0.29, 0.717) is 30.1 Å². The molecule has 1 N–H and O–H groups in total. The van der Waals surface area contributed by atoms with Crippen LogP contribution in [0.25, 0.3) is 17.0 Å². The molecule has 162 valence electrons. The first-order valence-electron chi connectivity index (χ1n) is 10.3. The van der Waals surface area contributed by atoms with Gasteiger partial charge in [-0.3, -0.25) is 9.20 Å². The van der Waals surface area contributed by atoms with E-state index < -0.39 is 10.0 Å². The van der Waals surface area contributed by atoms with Gasteiger partial charge in [-0.05, 0) is 49.2 Å². The van der Waals surface area contributed by atoms with E-state index in [0.717, 1.165) is 24.1 Å². The Hall–Kier alpha value is -3.56. The van der Waals surface area contributed by atoms with Crippen LogP contribution in [0.4, 0.5) is 5.69 Å². The van der Waals surface area contributed by atoms with Crippen LogP contribution in [0.3, 0.4) is 0 Å². The van der Waals surface area contributed by atoms with Gasteiger partial charge < -0.3 is 5.32 Å². The minimum absolute atomic E-state index is 0.142. The molecule has 8 nitrogen and oxygen atoms in total. The molecule has 5 rings (SSSR count). The van der Waals surface area contributed by atoms with E-state index in [1.54, 1.807) is 30.5 Å². The highest BCUT2D eigenvalue weighted by Crippen LogP contribution is 2.23. The topological polar surface area (TPSA) is 96.7 Å². The van der Waals surface area contributed by atoms with Crippen LogP contribution in [0.2, 0.25) is 0 Å². The van der Waals surface area contributed by atoms with Crippen molar-refractivity contribution in [1.29, 1.82) is 0 Å². The Balaban J connectivity index is 1.33. The Morgan fingerprint density at radius 3 is 2.53 bits per heavy atom. The van der Waals surface area contributed by atoms with Gasteiger partial charge in [0.1, 0.15) is 0 Å². The van der Waals surface area contributed by atoms with Crippen LogP contribution in [0.5, 0.6) is 0 Å². The molecule has 0 saturated carbocycles. The first kappa shape index (κ1) is 20.3. The average Bonchev–Trinajstić information content (AvgIpc) is 3.50. The molecule has 1 fully saturated rings. The molecule has 0 bridgehead atoms. The van der Waals surface area contributed by atoms with Gasteiger partial charge in [0.25, 0.3) is 5.91 Å². The maximum absolute atomic E-state index is 12.8. The first-order chi connectivity index (χ1) is 15.5. The monoisotopic (exact) mass is 447 g/mol. The molecule has 2 aromatic carbocycles. The van der Waals surface area contributed by atoms with Crippen LogP contribution in [-0.2, 0) is 10.0 Å². The van der Waals surface area contributed by atoms with Gasteiger partial charge in [0.2, 0.25) is 15.8 Å². The van der Waals surface area contributed by atoms with E-state index in [1.807, 2.05) is 35.0 Å². The summed E-state index contributed by atoms with van der Waals surface area (Å²) in [6, 6.07) is 15.3. The zero-order valence-electron chi connectivity index (χ0n) is 17.2. The molecular formula is C23H21N5O3S. The number of imidazole rings is 1. The highest BCUT2D eigenvalue weighted by atomic mass is 32.2. The van der Waals surface area contributed by atoms with Crippen molar-refractivity contribution in [2.75, 3.05) is 18.4 Å². The Labute approximate surface area is 185 Å². The number of nitrogens with one attached hydrogen (secondary N) is 1. The molecule has 3 heterocycles. The lowest BCUT2D eigenvalue weighted by molar-refractivity contribution is 0.102. The largest absolute Gasteiger partial charge is 0.322 e. The molecular weight excluding hydrogens is 426 g/mol. The van der Waals surface area contributed by atoms with E-state index in [2.05, 4.69) is 15.3 Å². The van der Waals surface area contributed by atoms with Gasteiger partial charge >= 0.3 is 0 Å². The maximum Gasteiger partial charge on any atom is 0.255 e. The van der Waals surface area contributed by atoms with Gasteiger partial charge in [-0.1, -0.05) is 18.2 Å². The zero-order chi connectivity index (χ0) is 22.1. The standard InChI is InChI=1S/C23H21N5O3S/c29-22(18-5-3-6-20(15-18)32(30,31)28-13-1-2-14-28)25-19-9-7-17(8-10-19)21-16-27-12-4-11-24-23(27)26-21/h3-12,15-16H,1-2,13-14H2,(H,25,29). The minimum atomic E-state index is -3.58. The summed E-state index contributed by atoms with van der Waals surface area (Å²) in [5.74, 6) is 0.247. The fourth-order valence-electron chi connectivity index (χ4n) is 3.77. The summed E-state index contributed by atoms with van der Waals surface area (Å²) in [5.41, 5.74) is 2.57. The second-order valence-electron chi connectivity index (χ2n) is 7.62. The molecule has 0 radical (unpaired) electrons. The van der Waals surface area contributed by atoms with E-state index in [9.17, 15) is 13.2 Å². The third-order valence-electron chi connectivity index (χ3n) is 5.47. The number of rotatable bonds is 5. The third kappa shape index (κ3) is 3.88. The van der Waals surface area contributed by atoms with Crippen molar-refractivity contribution in [3.05, 3.63) is 78.8 Å². The van der Waals surface area contributed by atoms with Gasteiger partial charge in [-0.2, -0.15) is 4.31 Å². The summed E-state index contributed by atoms with van der Waals surface area (Å²) >= 11 is 0. The van der Waals surface area contributed by atoms with E-state index in [1.165, 1.54) is 16.4 Å². The fourth-order valence-corrected chi connectivity index (χ4v) is 5.34. The average molecular weight is 448 g/mol. The number of fused-ring (bicyclic) bond motifs is 1. The SMILES string of the molecule is O=C(Nc1ccc(-c2cn3cccnc3n2)cc1)c1cccc(S(=O)(=O)N2CCCC2)c1. The van der Waals surface area contributed by atoms with Crippen LogP contribution in [0.15, 0.2) is 78.1 Å². The predicted octanol–water partition coefficient (Wildman–Crippen LogP) is 3.43. The number of amides is 1. The predicted molar refractivity (Wildman–Crippen MR) is 121 cm³/mol. The van der Waals surface area contributed by atoms with Crippen molar-refractivity contribution in [2.24, 2.45) is 0 Å². The van der Waals surface area contributed by atoms with E-state index in [-0.39, 0.29) is 10.8 Å². The zero-order valence-corrected chi connectivity index (χ0v) is 18.0. The van der Waals surface area contributed by atoms with Gasteiger partial charge in [0.05, 0.1) is 10.6 Å². The molecule has 9 heteroatoms. The minimum Gasteiger partial charge on any atom is -0.322 e. The number of sulfonamides is 1. The third-order valence-corrected chi connectivity index (χ3v) is 7.37. The summed E-state index contributed by atoms with van der Waals surface area (Å²) in [6.07, 6.45) is 7.19. The summed E-state index contributed by atoms with van der Waals surface area (Å²) < 4.78 is 28.9. The smallest absolute Gasteiger partial charge is 0.255 e. The molecule has 0 unspecified atom stereocenters. The summed E-state index contributed by atoms with van der Waals surface area (Å²) in [5, 5.41) is 2.83. The summed E-state index contributed by atoms with van der Waals surface area (Å²) in [6.45, 7) is 1.04. The van der Waals surface area contributed by atoms with Crippen molar-refractivity contribution < 1.29 is 13.2 Å². The Kier molecular flexibility index (Phi) is 5.20. The Morgan fingerprint density at radius 2 is 1.78 bits per heavy atom. The van der Waals surface area contributed by atoms with Crippen LogP contribution >= 0.6 is 0 Å². The Bertz CT molecular complexity index is 1360. The summed E-state index contributed by atoms with van der Waals surface area (Å²) in [4.78, 5) is 21.6. The van der Waals surface area contributed by atoms with Gasteiger partial charge in [-0.25, -0.2) is 18.4 Å². The lowest BCUT2D eigenvalue weighted by Crippen LogP contribution is -2.28. The quantitative estimate of drug-likeness (QED) is 0.506. The number of aromatic nitrogens is 3. The van der Waals surface area contributed by atoms with Crippen LogP contribution in [0, 0.1) is 0 Å². The number of anilines is 1. The van der Waals surface area contributed by atoms with Gasteiger partial charge in [0, 0.05) is 48.5 Å². The number of benzene rings is 2. The lowest BCUT2D eigenvalue weighted by atomic mass is 10.1. The Morgan fingerprint density at radius 1 is 1.00 bits per heavy atom. The molecule has 1 amide bonds. The van der Waals surface area contributed by atoms with Crippen molar-refractivity contribution in [1.82, 2.24) is 18.7 Å². The second kappa shape index (κ2) is 8.18. The molecule has 1 saturated heterocycles. The van der Waals surface area contributed by atoms with Crippen LogP contribution < -0.4 is 5.32 Å². The number of carbonyl (C=O) groups is 1. The molecule has 2 aromatic heterocycles. The highest BCUT2D eigenvalue weighted by Gasteiger charge is 2.27. The van der Waals surface area contributed by atoms with Crippen molar-refractivity contribution >= 4 is 27.4 Å². The second-order valence-corrected chi connectivity index (χ2v) is 9.56. The number of carbonyl (C=O) groups excluding carboxylic acids is 1. The number of nitrogens with zero attached hydrogens (tertiary/aromatic N) is 4. The maximum atomic E-state index is 12.8. The van der Waals surface area contributed by atoms with Crippen molar-refractivity contribution in [3.8, 4) is 11.3 Å². The molecule has 0 atom stereocenters. The molecule has 32 heavy (non-hydrogen) atoms. The first-order valence-corrected chi connectivity index (χ1v) is 11.8. The molecule has 1 aliphatic rings. The summed E-state index contributed by atoms with van der Waals surface area (Å²) in [7, 11) is -3.58. The fraction of sp³-hybridized carbons (Fsp3) is 0.174. The van der Waals surface area contributed by atoms with Crippen LogP contribution in [0.1, 0.15) is 23.2 Å². The van der Waals surface area contributed by atoms with Crippen molar-refractivity contribution in [3.63, 3.8) is 0 Å². The van der Waals surface area contributed by atoms with Gasteiger partial charge in [-0.15, -0.1) is 0 Å². The van der Waals surface area contributed by atoms with E-state index >= 15 is 0 Å². The molecule has 0 aliphatic carbocycles. The molecule has 1 aliphatic heterocycles. The molecule has 4 aromatic rings. The number of hydrogen-bond acceptors (Lipinski definition) is 5. The van der Waals surface area contributed by atoms with Gasteiger partial charge in [0.15, 0.2) is 0 Å². The normalized spacial score (nSPS) is 14.6.